The van der Waals surface area contributed by atoms with Gasteiger partial charge in [0.1, 0.15) is 17.8 Å². The predicted octanol–water partition coefficient (Wildman–Crippen LogP) is 3.81. The fraction of sp³-hybridized carbons (Fsp3) is 0.286. The molecule has 0 bridgehead atoms. The molecule has 0 saturated carbocycles. The van der Waals surface area contributed by atoms with E-state index in [0.717, 1.165) is 22.5 Å². The molecule has 0 fully saturated rings. The van der Waals surface area contributed by atoms with E-state index in [1.165, 1.54) is 0 Å². The lowest BCUT2D eigenvalue weighted by atomic mass is 10.0. The molecule has 1 amide bonds. The number of aromatic nitrogens is 1. The molecular formula is C21H23N3O2. The Balaban J connectivity index is 1.75. The standard InChI is InChI=1S/C21H23N3O2/c1-12-7-6-8-17(9-12)19-16(5)26-21(24-19)15(4)23-20(25)18-10-13(2)22-14(3)11-18/h6-11,15,19H,5H2,1-4H3,(H,23,25)/t15-,19?/m1/s1. The number of aliphatic imine (C=N–C) groups is 1. The molecule has 0 saturated heterocycles. The number of nitrogens with zero attached hydrogens (tertiary/aromatic N) is 2. The number of hydrogen-bond acceptors (Lipinski definition) is 4. The van der Waals surface area contributed by atoms with Crippen molar-refractivity contribution in [1.29, 1.82) is 0 Å². The number of carbonyl (C=O) groups excluding carboxylic acids is 1. The third-order valence-electron chi connectivity index (χ3n) is 4.22. The van der Waals surface area contributed by atoms with E-state index >= 15 is 0 Å². The monoisotopic (exact) mass is 349 g/mol. The van der Waals surface area contributed by atoms with Crippen molar-refractivity contribution in [2.24, 2.45) is 4.99 Å². The predicted molar refractivity (Wildman–Crippen MR) is 102 cm³/mol. The highest BCUT2D eigenvalue weighted by Crippen LogP contribution is 2.32. The van der Waals surface area contributed by atoms with Gasteiger partial charge < -0.3 is 10.1 Å². The van der Waals surface area contributed by atoms with E-state index in [0.29, 0.717) is 17.2 Å². The highest BCUT2D eigenvalue weighted by Gasteiger charge is 2.29. The van der Waals surface area contributed by atoms with Crippen LogP contribution in [0.25, 0.3) is 0 Å². The van der Waals surface area contributed by atoms with E-state index in [-0.39, 0.29) is 18.0 Å². The van der Waals surface area contributed by atoms with Crippen molar-refractivity contribution in [2.45, 2.75) is 39.8 Å². The number of benzene rings is 1. The summed E-state index contributed by atoms with van der Waals surface area (Å²) < 4.78 is 5.74. The number of rotatable bonds is 4. The maximum atomic E-state index is 12.5. The smallest absolute Gasteiger partial charge is 0.252 e. The minimum Gasteiger partial charge on any atom is -0.443 e. The van der Waals surface area contributed by atoms with Crippen LogP contribution in [0, 0.1) is 20.8 Å². The van der Waals surface area contributed by atoms with Crippen LogP contribution in [0.3, 0.4) is 0 Å². The van der Waals surface area contributed by atoms with Gasteiger partial charge in [0.2, 0.25) is 5.90 Å². The number of carbonyl (C=O) groups is 1. The largest absolute Gasteiger partial charge is 0.443 e. The molecule has 5 heteroatoms. The second kappa shape index (κ2) is 7.12. The number of amides is 1. The molecule has 0 radical (unpaired) electrons. The molecule has 1 aromatic heterocycles. The molecule has 3 rings (SSSR count). The van der Waals surface area contributed by atoms with Gasteiger partial charge in [-0.3, -0.25) is 9.78 Å². The summed E-state index contributed by atoms with van der Waals surface area (Å²) in [5.41, 5.74) is 4.39. The van der Waals surface area contributed by atoms with Crippen molar-refractivity contribution in [3.63, 3.8) is 0 Å². The van der Waals surface area contributed by atoms with Crippen LogP contribution >= 0.6 is 0 Å². The zero-order valence-corrected chi connectivity index (χ0v) is 15.5. The van der Waals surface area contributed by atoms with Gasteiger partial charge in [0.25, 0.3) is 5.91 Å². The van der Waals surface area contributed by atoms with Crippen LogP contribution in [-0.2, 0) is 4.74 Å². The highest BCUT2D eigenvalue weighted by molar-refractivity contribution is 5.98. The van der Waals surface area contributed by atoms with Gasteiger partial charge >= 0.3 is 0 Å². The first-order valence-corrected chi connectivity index (χ1v) is 8.60. The average molecular weight is 349 g/mol. The molecule has 0 aliphatic carbocycles. The van der Waals surface area contributed by atoms with Crippen LogP contribution < -0.4 is 5.32 Å². The van der Waals surface area contributed by atoms with Crippen LogP contribution in [0.1, 0.15) is 45.8 Å². The topological polar surface area (TPSA) is 63.6 Å². The molecule has 1 unspecified atom stereocenters. The molecule has 26 heavy (non-hydrogen) atoms. The first-order chi connectivity index (χ1) is 12.3. The van der Waals surface area contributed by atoms with Gasteiger partial charge in [0.05, 0.1) is 0 Å². The second-order valence-electron chi connectivity index (χ2n) is 6.69. The Bertz CT molecular complexity index is 882. The van der Waals surface area contributed by atoms with Crippen molar-refractivity contribution in [3.8, 4) is 0 Å². The van der Waals surface area contributed by atoms with Crippen molar-refractivity contribution in [3.05, 3.63) is 76.8 Å². The molecule has 1 aliphatic rings. The summed E-state index contributed by atoms with van der Waals surface area (Å²) in [5.74, 6) is 0.863. The van der Waals surface area contributed by atoms with Crippen LogP contribution in [0.4, 0.5) is 0 Å². The van der Waals surface area contributed by atoms with Gasteiger partial charge in [-0.15, -0.1) is 0 Å². The highest BCUT2D eigenvalue weighted by atomic mass is 16.5. The average Bonchev–Trinajstić information content (AvgIpc) is 2.96. The fourth-order valence-electron chi connectivity index (χ4n) is 3.02. The molecule has 2 atom stereocenters. The Morgan fingerprint density at radius 3 is 2.54 bits per heavy atom. The molecular weight excluding hydrogens is 326 g/mol. The summed E-state index contributed by atoms with van der Waals surface area (Å²) in [5, 5.41) is 2.93. The molecule has 1 N–H and O–H groups in total. The van der Waals surface area contributed by atoms with Crippen LogP contribution in [0.5, 0.6) is 0 Å². The summed E-state index contributed by atoms with van der Waals surface area (Å²) in [6.07, 6.45) is 0. The number of nitrogens with one attached hydrogen (secondary N) is 1. The van der Waals surface area contributed by atoms with Gasteiger partial charge in [-0.1, -0.05) is 36.4 Å². The van der Waals surface area contributed by atoms with Crippen molar-refractivity contribution >= 4 is 11.8 Å². The molecule has 2 heterocycles. The minimum atomic E-state index is -0.358. The molecule has 1 aromatic carbocycles. The summed E-state index contributed by atoms with van der Waals surface area (Å²) >= 11 is 0. The van der Waals surface area contributed by atoms with Crippen molar-refractivity contribution < 1.29 is 9.53 Å². The van der Waals surface area contributed by atoms with Gasteiger partial charge in [-0.2, -0.15) is 0 Å². The summed E-state index contributed by atoms with van der Waals surface area (Å²) in [7, 11) is 0. The van der Waals surface area contributed by atoms with Crippen LogP contribution in [0.15, 0.2) is 53.7 Å². The minimum absolute atomic E-state index is 0.179. The Morgan fingerprint density at radius 1 is 1.19 bits per heavy atom. The summed E-state index contributed by atoms with van der Waals surface area (Å²) in [6.45, 7) is 11.6. The fourth-order valence-corrected chi connectivity index (χ4v) is 3.02. The summed E-state index contributed by atoms with van der Waals surface area (Å²) in [4.78, 5) is 21.4. The van der Waals surface area contributed by atoms with Crippen LogP contribution in [-0.4, -0.2) is 22.8 Å². The van der Waals surface area contributed by atoms with E-state index in [9.17, 15) is 4.79 Å². The Hall–Kier alpha value is -2.95. The second-order valence-corrected chi connectivity index (χ2v) is 6.69. The van der Waals surface area contributed by atoms with Crippen LogP contribution in [0.2, 0.25) is 0 Å². The first-order valence-electron chi connectivity index (χ1n) is 8.60. The lowest BCUT2D eigenvalue weighted by Gasteiger charge is -2.14. The van der Waals surface area contributed by atoms with Gasteiger partial charge in [-0.05, 0) is 45.4 Å². The lowest BCUT2D eigenvalue weighted by molar-refractivity contribution is 0.0946. The van der Waals surface area contributed by atoms with Crippen molar-refractivity contribution in [1.82, 2.24) is 10.3 Å². The van der Waals surface area contributed by atoms with E-state index in [1.807, 2.05) is 45.9 Å². The van der Waals surface area contributed by atoms with E-state index in [2.05, 4.69) is 27.9 Å². The van der Waals surface area contributed by atoms with Gasteiger partial charge in [0, 0.05) is 17.0 Å². The first kappa shape index (κ1) is 17.9. The molecule has 0 spiro atoms. The quantitative estimate of drug-likeness (QED) is 0.913. The van der Waals surface area contributed by atoms with E-state index in [4.69, 9.17) is 4.74 Å². The zero-order chi connectivity index (χ0) is 18.8. The summed E-state index contributed by atoms with van der Waals surface area (Å²) in [6, 6.07) is 11.0. The number of pyridine rings is 1. The number of aryl methyl sites for hydroxylation is 3. The Morgan fingerprint density at radius 2 is 1.88 bits per heavy atom. The third-order valence-corrected chi connectivity index (χ3v) is 4.22. The van der Waals surface area contributed by atoms with E-state index in [1.54, 1.807) is 12.1 Å². The maximum absolute atomic E-state index is 12.5. The SMILES string of the molecule is C=C1OC([C@@H](C)NC(=O)c2cc(C)nc(C)c2)=NC1c1cccc(C)c1. The molecule has 134 valence electrons. The lowest BCUT2D eigenvalue weighted by Crippen LogP contribution is -2.38. The maximum Gasteiger partial charge on any atom is 0.252 e. The number of ether oxygens (including phenoxy) is 1. The van der Waals surface area contributed by atoms with Gasteiger partial charge in [0.15, 0.2) is 0 Å². The molecule has 2 aromatic rings. The zero-order valence-electron chi connectivity index (χ0n) is 15.5. The number of hydrogen-bond donors (Lipinski definition) is 1. The molecule has 1 aliphatic heterocycles. The Labute approximate surface area is 153 Å². The molecule has 5 nitrogen and oxygen atoms in total. The Kier molecular flexibility index (Phi) is 4.89. The van der Waals surface area contributed by atoms with Crippen molar-refractivity contribution in [2.75, 3.05) is 0 Å². The normalized spacial score (nSPS) is 17.5. The third kappa shape index (κ3) is 3.82. The van der Waals surface area contributed by atoms with Gasteiger partial charge in [-0.25, -0.2) is 4.99 Å². The van der Waals surface area contributed by atoms with E-state index < -0.39 is 0 Å².